The third-order valence-corrected chi connectivity index (χ3v) is 3.59. The summed E-state index contributed by atoms with van der Waals surface area (Å²) in [5.41, 5.74) is 1.98. The number of furan rings is 1. The van der Waals surface area contributed by atoms with Gasteiger partial charge in [0.25, 0.3) is 0 Å². The van der Waals surface area contributed by atoms with Gasteiger partial charge in [-0.15, -0.1) is 0 Å². The van der Waals surface area contributed by atoms with E-state index in [0.717, 1.165) is 11.3 Å². The van der Waals surface area contributed by atoms with Gasteiger partial charge in [-0.25, -0.2) is 0 Å². The van der Waals surface area contributed by atoms with Crippen molar-refractivity contribution in [1.82, 2.24) is 0 Å². The standard InChI is InChI=1S/C18H19NO2/c1-13(2)14-5-7-15(8-6-14)17(12-19)18(20)10-9-16-4-3-11-21-16/h3-8,11,13,17H,9-10H2,1-2H3. The molecule has 0 amide bonds. The van der Waals surface area contributed by atoms with Crippen LogP contribution in [-0.4, -0.2) is 5.78 Å². The Bertz CT molecular complexity index is 618. The van der Waals surface area contributed by atoms with E-state index < -0.39 is 5.92 Å². The number of benzene rings is 1. The van der Waals surface area contributed by atoms with E-state index >= 15 is 0 Å². The summed E-state index contributed by atoms with van der Waals surface area (Å²) in [5, 5.41) is 9.29. The Morgan fingerprint density at radius 1 is 1.19 bits per heavy atom. The minimum Gasteiger partial charge on any atom is -0.469 e. The van der Waals surface area contributed by atoms with Gasteiger partial charge in [0.2, 0.25) is 0 Å². The molecule has 108 valence electrons. The number of Topliss-reactive ketones (excluding diaryl/α,β-unsaturated/α-hetero) is 1. The summed E-state index contributed by atoms with van der Waals surface area (Å²) < 4.78 is 5.21. The maximum Gasteiger partial charge on any atom is 0.154 e. The molecular weight excluding hydrogens is 262 g/mol. The molecule has 0 aliphatic rings. The van der Waals surface area contributed by atoms with Crippen LogP contribution in [0.2, 0.25) is 0 Å². The first kappa shape index (κ1) is 15.1. The molecule has 0 radical (unpaired) electrons. The molecule has 1 unspecified atom stereocenters. The highest BCUT2D eigenvalue weighted by atomic mass is 16.3. The van der Waals surface area contributed by atoms with Crippen LogP contribution < -0.4 is 0 Å². The van der Waals surface area contributed by atoms with Crippen LogP contribution in [0.3, 0.4) is 0 Å². The van der Waals surface area contributed by atoms with Gasteiger partial charge in [-0.1, -0.05) is 38.1 Å². The van der Waals surface area contributed by atoms with Gasteiger partial charge in [-0.2, -0.15) is 5.26 Å². The quantitative estimate of drug-likeness (QED) is 0.796. The number of nitriles is 1. The van der Waals surface area contributed by atoms with Crippen molar-refractivity contribution in [3.63, 3.8) is 0 Å². The molecule has 2 aromatic rings. The molecule has 1 atom stereocenters. The molecule has 0 aliphatic carbocycles. The van der Waals surface area contributed by atoms with Gasteiger partial charge in [-0.3, -0.25) is 4.79 Å². The Hall–Kier alpha value is -2.34. The van der Waals surface area contributed by atoms with Gasteiger partial charge in [0, 0.05) is 12.8 Å². The molecule has 0 saturated heterocycles. The maximum atomic E-state index is 12.2. The molecule has 1 aromatic carbocycles. The van der Waals surface area contributed by atoms with Gasteiger partial charge in [-0.05, 0) is 29.2 Å². The normalized spacial score (nSPS) is 12.1. The van der Waals surface area contributed by atoms with Crippen LogP contribution in [-0.2, 0) is 11.2 Å². The zero-order valence-corrected chi connectivity index (χ0v) is 12.4. The van der Waals surface area contributed by atoms with E-state index in [4.69, 9.17) is 4.42 Å². The van der Waals surface area contributed by atoms with E-state index in [-0.39, 0.29) is 5.78 Å². The number of rotatable bonds is 6. The Morgan fingerprint density at radius 2 is 1.86 bits per heavy atom. The molecule has 0 fully saturated rings. The summed E-state index contributed by atoms with van der Waals surface area (Å²) in [6.45, 7) is 4.23. The molecule has 0 spiro atoms. The first-order valence-electron chi connectivity index (χ1n) is 7.16. The Balaban J connectivity index is 2.04. The van der Waals surface area contributed by atoms with Crippen LogP contribution in [0.1, 0.15) is 49.0 Å². The molecule has 1 aromatic heterocycles. The van der Waals surface area contributed by atoms with Crippen LogP contribution in [0.4, 0.5) is 0 Å². The molecule has 1 heterocycles. The predicted octanol–water partition coefficient (Wildman–Crippen LogP) is 4.21. The van der Waals surface area contributed by atoms with E-state index in [9.17, 15) is 10.1 Å². The molecular formula is C18H19NO2. The summed E-state index contributed by atoms with van der Waals surface area (Å²) in [7, 11) is 0. The molecule has 3 nitrogen and oxygen atoms in total. The Morgan fingerprint density at radius 3 is 2.38 bits per heavy atom. The van der Waals surface area contributed by atoms with Crippen molar-refractivity contribution in [1.29, 1.82) is 5.26 Å². The third-order valence-electron chi connectivity index (χ3n) is 3.59. The highest BCUT2D eigenvalue weighted by Crippen LogP contribution is 2.22. The monoisotopic (exact) mass is 281 g/mol. The minimum absolute atomic E-state index is 0.0637. The third kappa shape index (κ3) is 3.82. The lowest BCUT2D eigenvalue weighted by Crippen LogP contribution is -2.11. The molecule has 0 saturated carbocycles. The first-order valence-corrected chi connectivity index (χ1v) is 7.16. The van der Waals surface area contributed by atoms with E-state index in [2.05, 4.69) is 19.9 Å². The van der Waals surface area contributed by atoms with Crippen molar-refractivity contribution in [2.45, 2.75) is 38.5 Å². The fourth-order valence-corrected chi connectivity index (χ4v) is 2.25. The topological polar surface area (TPSA) is 54.0 Å². The van der Waals surface area contributed by atoms with Crippen molar-refractivity contribution < 1.29 is 9.21 Å². The second-order valence-corrected chi connectivity index (χ2v) is 5.43. The molecule has 3 heteroatoms. The molecule has 2 rings (SSSR count). The first-order chi connectivity index (χ1) is 10.1. The summed E-state index contributed by atoms with van der Waals surface area (Å²) in [6, 6.07) is 13.5. The van der Waals surface area contributed by atoms with Gasteiger partial charge >= 0.3 is 0 Å². The lowest BCUT2D eigenvalue weighted by atomic mass is 9.91. The summed E-state index contributed by atoms with van der Waals surface area (Å²) in [4.78, 5) is 12.2. The van der Waals surface area contributed by atoms with Crippen molar-refractivity contribution in [3.05, 3.63) is 59.5 Å². The molecule has 21 heavy (non-hydrogen) atoms. The van der Waals surface area contributed by atoms with Crippen LogP contribution >= 0.6 is 0 Å². The minimum atomic E-state index is -0.693. The van der Waals surface area contributed by atoms with Gasteiger partial charge in [0.1, 0.15) is 11.7 Å². The second kappa shape index (κ2) is 6.90. The lowest BCUT2D eigenvalue weighted by molar-refractivity contribution is -0.119. The molecule has 0 bridgehead atoms. The van der Waals surface area contributed by atoms with Gasteiger partial charge in [0.15, 0.2) is 5.78 Å². The fourth-order valence-electron chi connectivity index (χ4n) is 2.25. The summed E-state index contributed by atoms with van der Waals surface area (Å²) >= 11 is 0. The van der Waals surface area contributed by atoms with E-state index in [1.54, 1.807) is 12.3 Å². The number of carbonyl (C=O) groups is 1. The largest absolute Gasteiger partial charge is 0.469 e. The Kier molecular flexibility index (Phi) is 4.94. The zero-order valence-electron chi connectivity index (χ0n) is 12.4. The lowest BCUT2D eigenvalue weighted by Gasteiger charge is -2.10. The van der Waals surface area contributed by atoms with E-state index in [1.807, 2.05) is 30.3 Å². The Labute approximate surface area is 125 Å². The highest BCUT2D eigenvalue weighted by Gasteiger charge is 2.20. The van der Waals surface area contributed by atoms with Crippen LogP contribution in [0.15, 0.2) is 47.1 Å². The number of aryl methyl sites for hydroxylation is 1. The number of carbonyl (C=O) groups excluding carboxylic acids is 1. The smallest absolute Gasteiger partial charge is 0.154 e. The molecule has 0 aliphatic heterocycles. The van der Waals surface area contributed by atoms with E-state index in [1.165, 1.54) is 5.56 Å². The van der Waals surface area contributed by atoms with Crippen molar-refractivity contribution >= 4 is 5.78 Å². The van der Waals surface area contributed by atoms with Crippen LogP contribution in [0.25, 0.3) is 0 Å². The van der Waals surface area contributed by atoms with Crippen LogP contribution in [0.5, 0.6) is 0 Å². The number of nitrogens with zero attached hydrogens (tertiary/aromatic N) is 1. The SMILES string of the molecule is CC(C)c1ccc(C(C#N)C(=O)CCc2ccco2)cc1. The van der Waals surface area contributed by atoms with Crippen molar-refractivity contribution in [3.8, 4) is 6.07 Å². The van der Waals surface area contributed by atoms with Crippen molar-refractivity contribution in [2.75, 3.05) is 0 Å². The average molecular weight is 281 g/mol. The summed E-state index contributed by atoms with van der Waals surface area (Å²) in [5.74, 6) is 0.455. The predicted molar refractivity (Wildman–Crippen MR) is 80.9 cm³/mol. The average Bonchev–Trinajstić information content (AvgIpc) is 3.00. The molecule has 0 N–H and O–H groups in total. The van der Waals surface area contributed by atoms with Crippen molar-refractivity contribution in [2.24, 2.45) is 0 Å². The van der Waals surface area contributed by atoms with Crippen LogP contribution in [0, 0.1) is 11.3 Å². The van der Waals surface area contributed by atoms with E-state index in [0.29, 0.717) is 18.8 Å². The zero-order chi connectivity index (χ0) is 15.2. The summed E-state index contributed by atoms with van der Waals surface area (Å²) in [6.07, 6.45) is 2.44. The van der Waals surface area contributed by atoms with Gasteiger partial charge in [0.05, 0.1) is 12.3 Å². The second-order valence-electron chi connectivity index (χ2n) is 5.43. The number of hydrogen-bond donors (Lipinski definition) is 0. The highest BCUT2D eigenvalue weighted by molar-refractivity contribution is 5.88. The number of hydrogen-bond acceptors (Lipinski definition) is 3. The maximum absolute atomic E-state index is 12.2. The van der Waals surface area contributed by atoms with Gasteiger partial charge < -0.3 is 4.42 Å². The fraction of sp³-hybridized carbons (Fsp3) is 0.333. The number of ketones is 1.